The zero-order chi connectivity index (χ0) is 20.4. The predicted molar refractivity (Wildman–Crippen MR) is 104 cm³/mol. The summed E-state index contributed by atoms with van der Waals surface area (Å²) in [5.41, 5.74) is 0.472. The van der Waals surface area contributed by atoms with E-state index in [1.807, 2.05) is 4.90 Å². The highest BCUT2D eigenvalue weighted by Gasteiger charge is 2.23. The highest BCUT2D eigenvalue weighted by Crippen LogP contribution is 2.16. The first-order valence-electron chi connectivity index (χ1n) is 9.17. The van der Waals surface area contributed by atoms with Gasteiger partial charge in [0.25, 0.3) is 11.5 Å². The van der Waals surface area contributed by atoms with Crippen molar-refractivity contribution in [1.82, 2.24) is 14.7 Å². The van der Waals surface area contributed by atoms with Crippen LogP contribution >= 0.6 is 0 Å². The van der Waals surface area contributed by atoms with Gasteiger partial charge in [-0.15, -0.1) is 5.10 Å². The van der Waals surface area contributed by atoms with Crippen LogP contribution in [0.15, 0.2) is 65.5 Å². The molecule has 6 nitrogen and oxygen atoms in total. The van der Waals surface area contributed by atoms with Crippen LogP contribution in [0.2, 0.25) is 0 Å². The molecule has 29 heavy (non-hydrogen) atoms. The van der Waals surface area contributed by atoms with Gasteiger partial charge in [-0.25, -0.2) is 8.78 Å². The molecule has 148 valence electrons. The van der Waals surface area contributed by atoms with Gasteiger partial charge in [-0.1, -0.05) is 6.07 Å². The van der Waals surface area contributed by atoms with Crippen molar-refractivity contribution in [2.75, 3.05) is 31.1 Å². The molecule has 1 fully saturated rings. The first-order valence-corrected chi connectivity index (χ1v) is 9.17. The van der Waals surface area contributed by atoms with Gasteiger partial charge >= 0.3 is 0 Å². The van der Waals surface area contributed by atoms with E-state index in [-0.39, 0.29) is 11.5 Å². The second-order valence-electron chi connectivity index (χ2n) is 6.71. The van der Waals surface area contributed by atoms with Crippen LogP contribution in [0.5, 0.6) is 0 Å². The number of carbonyl (C=O) groups excluding carboxylic acids is 1. The Balaban J connectivity index is 1.49. The summed E-state index contributed by atoms with van der Waals surface area (Å²) in [6.45, 7) is 1.95. The summed E-state index contributed by atoms with van der Waals surface area (Å²) >= 11 is 0. The summed E-state index contributed by atoms with van der Waals surface area (Å²) in [5, 5.41) is 4.39. The van der Waals surface area contributed by atoms with E-state index in [0.717, 1.165) is 0 Å². The van der Waals surface area contributed by atoms with Crippen LogP contribution in [0.1, 0.15) is 10.4 Å². The Labute approximate surface area is 165 Å². The molecule has 1 aliphatic rings. The third kappa shape index (κ3) is 4.01. The van der Waals surface area contributed by atoms with Crippen molar-refractivity contribution < 1.29 is 13.6 Å². The number of nitrogens with zero attached hydrogens (tertiary/aromatic N) is 4. The van der Waals surface area contributed by atoms with Crippen LogP contribution in [0, 0.1) is 11.6 Å². The number of aromatic nitrogens is 2. The van der Waals surface area contributed by atoms with Crippen LogP contribution in [0.25, 0.3) is 5.69 Å². The number of hydrogen-bond donors (Lipinski definition) is 0. The molecular formula is C21H18F2N4O2. The maximum absolute atomic E-state index is 13.4. The van der Waals surface area contributed by atoms with Gasteiger partial charge in [-0.2, -0.15) is 4.68 Å². The van der Waals surface area contributed by atoms with Crippen LogP contribution in [0.3, 0.4) is 0 Å². The van der Waals surface area contributed by atoms with Crippen molar-refractivity contribution >= 4 is 11.7 Å². The summed E-state index contributed by atoms with van der Waals surface area (Å²) in [5.74, 6) is -0.459. The molecule has 0 atom stereocenters. The minimum atomic E-state index is -0.443. The number of rotatable bonds is 3. The molecule has 0 N–H and O–H groups in total. The second kappa shape index (κ2) is 7.83. The summed E-state index contributed by atoms with van der Waals surface area (Å²) in [4.78, 5) is 28.4. The number of benzene rings is 2. The fourth-order valence-electron chi connectivity index (χ4n) is 3.28. The SMILES string of the molecule is O=C(c1cccc(F)c1)N1CCN(c2ccc(=O)n(-c3ccc(F)cc3)n2)CC1. The highest BCUT2D eigenvalue weighted by molar-refractivity contribution is 5.94. The van der Waals surface area contributed by atoms with E-state index in [0.29, 0.717) is 43.2 Å². The van der Waals surface area contributed by atoms with Crippen LogP contribution in [-0.2, 0) is 0 Å². The lowest BCUT2D eigenvalue weighted by atomic mass is 10.1. The normalized spacial score (nSPS) is 14.1. The third-order valence-electron chi connectivity index (χ3n) is 4.82. The molecule has 0 radical (unpaired) electrons. The molecule has 0 aliphatic carbocycles. The van der Waals surface area contributed by atoms with Crippen molar-refractivity contribution in [2.45, 2.75) is 0 Å². The molecule has 0 spiro atoms. The molecule has 1 amide bonds. The van der Waals surface area contributed by atoms with E-state index in [1.54, 1.807) is 17.0 Å². The second-order valence-corrected chi connectivity index (χ2v) is 6.71. The Hall–Kier alpha value is -3.55. The molecule has 4 rings (SSSR count). The van der Waals surface area contributed by atoms with E-state index in [9.17, 15) is 18.4 Å². The van der Waals surface area contributed by atoms with Gasteiger partial charge in [0, 0.05) is 37.8 Å². The van der Waals surface area contributed by atoms with Gasteiger partial charge < -0.3 is 9.80 Å². The number of anilines is 1. The number of amides is 1. The first kappa shape index (κ1) is 18.8. The standard InChI is InChI=1S/C21H18F2N4O2/c22-16-4-6-18(7-5-16)27-20(28)9-8-19(24-27)25-10-12-26(13-11-25)21(29)15-2-1-3-17(23)14-15/h1-9,14H,10-13H2. The number of halogens is 2. The molecule has 8 heteroatoms. The number of hydrogen-bond acceptors (Lipinski definition) is 4. The van der Waals surface area contributed by atoms with Crippen molar-refractivity contribution in [2.24, 2.45) is 0 Å². The molecule has 1 saturated heterocycles. The molecule has 3 aromatic rings. The van der Waals surface area contributed by atoms with Crippen LogP contribution in [-0.4, -0.2) is 46.8 Å². The topological polar surface area (TPSA) is 58.4 Å². The van der Waals surface area contributed by atoms with Crippen molar-refractivity contribution in [3.8, 4) is 5.69 Å². The molecule has 2 heterocycles. The third-order valence-corrected chi connectivity index (χ3v) is 4.82. The lowest BCUT2D eigenvalue weighted by Gasteiger charge is -2.35. The van der Waals surface area contributed by atoms with Gasteiger partial charge in [0.1, 0.15) is 17.5 Å². The number of piperazine rings is 1. The van der Waals surface area contributed by atoms with Crippen molar-refractivity contribution in [3.05, 3.63) is 88.2 Å². The zero-order valence-electron chi connectivity index (χ0n) is 15.5. The van der Waals surface area contributed by atoms with E-state index in [2.05, 4.69) is 5.10 Å². The van der Waals surface area contributed by atoms with Crippen LogP contribution in [0.4, 0.5) is 14.6 Å². The summed E-state index contributed by atoms with van der Waals surface area (Å²) in [6.07, 6.45) is 0. The Morgan fingerprint density at radius 1 is 0.862 bits per heavy atom. The van der Waals surface area contributed by atoms with Crippen molar-refractivity contribution in [1.29, 1.82) is 0 Å². The maximum atomic E-state index is 13.4. The van der Waals surface area contributed by atoms with Gasteiger partial charge in [-0.05, 0) is 48.5 Å². The highest BCUT2D eigenvalue weighted by atomic mass is 19.1. The number of carbonyl (C=O) groups is 1. The van der Waals surface area contributed by atoms with Gasteiger partial charge in [0.05, 0.1) is 5.69 Å². The predicted octanol–water partition coefficient (Wildman–Crippen LogP) is 2.47. The summed E-state index contributed by atoms with van der Waals surface area (Å²) in [7, 11) is 0. The minimum Gasteiger partial charge on any atom is -0.352 e. The van der Waals surface area contributed by atoms with E-state index in [4.69, 9.17) is 0 Å². The Morgan fingerprint density at radius 2 is 1.59 bits per heavy atom. The lowest BCUT2D eigenvalue weighted by Crippen LogP contribution is -2.49. The van der Waals surface area contributed by atoms with Crippen molar-refractivity contribution in [3.63, 3.8) is 0 Å². The Morgan fingerprint density at radius 3 is 2.28 bits per heavy atom. The van der Waals surface area contributed by atoms with E-state index in [1.165, 1.54) is 53.2 Å². The molecule has 0 bridgehead atoms. The molecule has 0 saturated carbocycles. The average Bonchev–Trinajstić information content (AvgIpc) is 2.74. The van der Waals surface area contributed by atoms with Gasteiger partial charge in [0.2, 0.25) is 0 Å². The van der Waals surface area contributed by atoms with Gasteiger partial charge in [-0.3, -0.25) is 9.59 Å². The van der Waals surface area contributed by atoms with E-state index >= 15 is 0 Å². The fourth-order valence-corrected chi connectivity index (χ4v) is 3.28. The molecular weight excluding hydrogens is 378 g/mol. The molecule has 1 aromatic heterocycles. The smallest absolute Gasteiger partial charge is 0.271 e. The van der Waals surface area contributed by atoms with Crippen LogP contribution < -0.4 is 10.5 Å². The zero-order valence-corrected chi connectivity index (χ0v) is 15.5. The molecule has 1 aliphatic heterocycles. The molecule has 0 unspecified atom stereocenters. The summed E-state index contributed by atoms with van der Waals surface area (Å²) < 4.78 is 27.7. The fraction of sp³-hybridized carbons (Fsp3) is 0.190. The quantitative estimate of drug-likeness (QED) is 0.683. The lowest BCUT2D eigenvalue weighted by molar-refractivity contribution is 0.0746. The first-order chi connectivity index (χ1) is 14.0. The molecule has 2 aromatic carbocycles. The average molecular weight is 396 g/mol. The maximum Gasteiger partial charge on any atom is 0.271 e. The Kier molecular flexibility index (Phi) is 5.07. The van der Waals surface area contributed by atoms with Gasteiger partial charge in [0.15, 0.2) is 0 Å². The Bertz CT molecular complexity index is 1090. The minimum absolute atomic E-state index is 0.214. The largest absolute Gasteiger partial charge is 0.352 e. The van der Waals surface area contributed by atoms with E-state index < -0.39 is 11.6 Å². The summed E-state index contributed by atoms with van der Waals surface area (Å²) in [6, 6.07) is 14.2. The monoisotopic (exact) mass is 396 g/mol.